The van der Waals surface area contributed by atoms with Gasteiger partial charge in [-0.3, -0.25) is 4.79 Å². The minimum Gasteiger partial charge on any atom is -0.368 e. The molecule has 5 saturated carbocycles. The van der Waals surface area contributed by atoms with Gasteiger partial charge in [0.2, 0.25) is 5.91 Å². The van der Waals surface area contributed by atoms with E-state index >= 15 is 0 Å². The molecule has 1 unspecified atom stereocenters. The van der Waals surface area contributed by atoms with Gasteiger partial charge in [0.15, 0.2) is 0 Å². The van der Waals surface area contributed by atoms with Gasteiger partial charge in [-0.1, -0.05) is 109 Å². The number of carbonyl (C=O) groups excluding carboxylic acids is 1. The molecule has 0 aromatic heterocycles. The fourth-order valence-electron chi connectivity index (χ4n) is 7.63. The first-order valence-electron chi connectivity index (χ1n) is 15.9. The van der Waals surface area contributed by atoms with E-state index in [1.807, 2.05) is 0 Å². The number of amides is 1. The highest BCUT2D eigenvalue weighted by Gasteiger charge is 2.56. The van der Waals surface area contributed by atoms with Gasteiger partial charge >= 0.3 is 0 Å². The lowest BCUT2D eigenvalue weighted by Crippen LogP contribution is -2.53. The predicted molar refractivity (Wildman–Crippen MR) is 146 cm³/mol. The molecule has 1 amide bonds. The largest absolute Gasteiger partial charge is 0.368 e. The first-order chi connectivity index (χ1) is 17.2. The highest BCUT2D eigenvalue weighted by atomic mass is 16.5. The van der Waals surface area contributed by atoms with Gasteiger partial charge in [0.05, 0.1) is 6.10 Å². The Morgan fingerprint density at radius 3 is 1.60 bits per heavy atom. The summed E-state index contributed by atoms with van der Waals surface area (Å²) in [6.07, 6.45) is 32.3. The zero-order valence-corrected chi connectivity index (χ0v) is 22.8. The first-order valence-corrected chi connectivity index (χ1v) is 15.9. The molecule has 4 nitrogen and oxygen atoms in total. The number of nitrogens with one attached hydrogen (secondary N) is 2. The van der Waals surface area contributed by atoms with E-state index in [9.17, 15) is 4.79 Å². The third-order valence-electron chi connectivity index (χ3n) is 9.70. The molecule has 0 spiro atoms. The molecule has 0 saturated heterocycles. The van der Waals surface area contributed by atoms with E-state index in [0.717, 1.165) is 19.3 Å². The molecule has 5 fully saturated rings. The second kappa shape index (κ2) is 15.0. The summed E-state index contributed by atoms with van der Waals surface area (Å²) in [4.78, 5) is 12.8. The van der Waals surface area contributed by atoms with Crippen LogP contribution in [0.5, 0.6) is 0 Å². The Bertz CT molecular complexity index is 579. The summed E-state index contributed by atoms with van der Waals surface area (Å²) in [6.45, 7) is 0.261. The van der Waals surface area contributed by atoms with E-state index in [4.69, 9.17) is 4.74 Å². The molecule has 1 atom stereocenters. The summed E-state index contributed by atoms with van der Waals surface area (Å²) >= 11 is 0. The lowest BCUT2D eigenvalue weighted by molar-refractivity contribution is -0.129. The van der Waals surface area contributed by atoms with Gasteiger partial charge in [-0.05, 0) is 50.9 Å². The Balaban J connectivity index is 1.16. The molecule has 4 heteroatoms. The summed E-state index contributed by atoms with van der Waals surface area (Å²) in [7, 11) is 0. The van der Waals surface area contributed by atoms with E-state index in [2.05, 4.69) is 10.6 Å². The third kappa shape index (κ3) is 9.33. The van der Waals surface area contributed by atoms with E-state index in [0.29, 0.717) is 23.5 Å². The van der Waals surface area contributed by atoms with Gasteiger partial charge in [0.25, 0.3) is 0 Å². The summed E-state index contributed by atoms with van der Waals surface area (Å²) in [5.41, 5.74) is 0.310. The Hall–Kier alpha value is -0.610. The van der Waals surface area contributed by atoms with Crippen LogP contribution < -0.4 is 10.6 Å². The van der Waals surface area contributed by atoms with Crippen LogP contribution in [0.25, 0.3) is 0 Å². The summed E-state index contributed by atoms with van der Waals surface area (Å²) in [5, 5.41) is 7.50. The standard InChI is InChI=1S/C31H56N2O2/c34-30(25-35-28-20-16-12-8-3-1-2-4-9-13-17-21-28)32-29-24-31(22-26(29)23-31)33-27-18-14-10-6-5-7-11-15-19-27/h26-29,33H,1-25H2,(H,32,34). The van der Waals surface area contributed by atoms with Crippen molar-refractivity contribution in [3.63, 3.8) is 0 Å². The van der Waals surface area contributed by atoms with Crippen molar-refractivity contribution in [3.8, 4) is 0 Å². The molecule has 5 rings (SSSR count). The molecule has 35 heavy (non-hydrogen) atoms. The maximum atomic E-state index is 12.8. The molecule has 2 bridgehead atoms. The fraction of sp³-hybridized carbons (Fsp3) is 0.968. The number of rotatable bonds is 6. The molecule has 0 heterocycles. The molecular weight excluding hydrogens is 432 g/mol. The van der Waals surface area contributed by atoms with Crippen LogP contribution in [0.15, 0.2) is 0 Å². The van der Waals surface area contributed by atoms with Crippen LogP contribution in [-0.2, 0) is 9.53 Å². The van der Waals surface area contributed by atoms with Crippen molar-refractivity contribution in [2.75, 3.05) is 6.61 Å². The zero-order valence-electron chi connectivity index (χ0n) is 22.8. The van der Waals surface area contributed by atoms with Gasteiger partial charge in [0, 0.05) is 17.6 Å². The highest BCUT2D eigenvalue weighted by Crippen LogP contribution is 2.52. The van der Waals surface area contributed by atoms with Gasteiger partial charge < -0.3 is 15.4 Å². The molecule has 0 aromatic rings. The van der Waals surface area contributed by atoms with Crippen molar-refractivity contribution < 1.29 is 9.53 Å². The van der Waals surface area contributed by atoms with Gasteiger partial charge in [-0.25, -0.2) is 0 Å². The molecule has 5 aliphatic rings. The second-order valence-electron chi connectivity index (χ2n) is 12.8. The normalized spacial score (nSPS) is 33.0. The van der Waals surface area contributed by atoms with Crippen molar-refractivity contribution in [2.24, 2.45) is 5.92 Å². The Labute approximate surface area is 216 Å². The average Bonchev–Trinajstić information content (AvgIpc) is 3.35. The summed E-state index contributed by atoms with van der Waals surface area (Å²) < 4.78 is 6.21. The fourth-order valence-corrected chi connectivity index (χ4v) is 7.63. The number of carbonyl (C=O) groups is 1. The van der Waals surface area contributed by atoms with E-state index < -0.39 is 0 Å². The van der Waals surface area contributed by atoms with Crippen LogP contribution in [0, 0.1) is 5.92 Å². The minimum atomic E-state index is 0.124. The lowest BCUT2D eigenvalue weighted by Gasteiger charge is -2.42. The monoisotopic (exact) mass is 488 g/mol. The topological polar surface area (TPSA) is 50.4 Å². The average molecular weight is 489 g/mol. The van der Waals surface area contributed by atoms with E-state index in [-0.39, 0.29) is 18.6 Å². The SMILES string of the molecule is O=C(COC1CCCCCCCCCCCC1)NC1CC2(NC3CCCCCCCCC3)CC1C2. The first kappa shape index (κ1) is 27.4. The highest BCUT2D eigenvalue weighted by molar-refractivity contribution is 5.77. The van der Waals surface area contributed by atoms with Crippen LogP contribution in [0.2, 0.25) is 0 Å². The van der Waals surface area contributed by atoms with Crippen molar-refractivity contribution >= 4 is 5.91 Å². The zero-order chi connectivity index (χ0) is 24.2. The van der Waals surface area contributed by atoms with Crippen LogP contribution in [0.4, 0.5) is 0 Å². The maximum Gasteiger partial charge on any atom is 0.246 e. The number of hydrogen-bond donors (Lipinski definition) is 2. The lowest BCUT2D eigenvalue weighted by atomic mass is 9.76. The second-order valence-corrected chi connectivity index (χ2v) is 12.8. The number of hydrogen-bond acceptors (Lipinski definition) is 3. The number of ether oxygens (including phenoxy) is 1. The summed E-state index contributed by atoms with van der Waals surface area (Å²) in [5.74, 6) is 0.801. The Morgan fingerprint density at radius 1 is 0.629 bits per heavy atom. The van der Waals surface area contributed by atoms with Gasteiger partial charge in [-0.2, -0.15) is 0 Å². The molecule has 0 aliphatic heterocycles. The Kier molecular flexibility index (Phi) is 11.7. The quantitative estimate of drug-likeness (QED) is 0.405. The van der Waals surface area contributed by atoms with E-state index in [1.54, 1.807) is 0 Å². The maximum absolute atomic E-state index is 12.8. The van der Waals surface area contributed by atoms with Crippen LogP contribution in [0.3, 0.4) is 0 Å². The molecular formula is C31H56N2O2. The smallest absolute Gasteiger partial charge is 0.246 e. The predicted octanol–water partition coefficient (Wildman–Crippen LogP) is 7.59. The van der Waals surface area contributed by atoms with Gasteiger partial charge in [0.1, 0.15) is 6.61 Å². The minimum absolute atomic E-state index is 0.124. The van der Waals surface area contributed by atoms with Gasteiger partial charge in [-0.15, -0.1) is 0 Å². The summed E-state index contributed by atoms with van der Waals surface area (Å²) in [6, 6.07) is 1.05. The van der Waals surface area contributed by atoms with Crippen LogP contribution in [-0.4, -0.2) is 36.2 Å². The molecule has 2 N–H and O–H groups in total. The molecule has 5 aliphatic carbocycles. The van der Waals surface area contributed by atoms with E-state index in [1.165, 1.54) is 135 Å². The molecule has 0 aromatic carbocycles. The van der Waals surface area contributed by atoms with Crippen molar-refractivity contribution in [1.29, 1.82) is 0 Å². The molecule has 0 radical (unpaired) electrons. The van der Waals surface area contributed by atoms with Crippen molar-refractivity contribution in [2.45, 2.75) is 178 Å². The van der Waals surface area contributed by atoms with Crippen LogP contribution in [0.1, 0.15) is 154 Å². The third-order valence-corrected chi connectivity index (χ3v) is 9.70. The van der Waals surface area contributed by atoms with Crippen LogP contribution >= 0.6 is 0 Å². The van der Waals surface area contributed by atoms with Crippen molar-refractivity contribution in [3.05, 3.63) is 0 Å². The molecule has 202 valence electrons. The Morgan fingerprint density at radius 2 is 1.09 bits per heavy atom. The number of fused-ring (bicyclic) bond motifs is 1. The van der Waals surface area contributed by atoms with Crippen molar-refractivity contribution in [1.82, 2.24) is 10.6 Å².